The van der Waals surface area contributed by atoms with Crippen molar-refractivity contribution in [3.05, 3.63) is 12.7 Å². The number of aliphatic hydroxyl groups excluding tert-OH is 1. The van der Waals surface area contributed by atoms with Crippen LogP contribution in [0.4, 0.5) is 0 Å². The monoisotopic (exact) mass is 159 g/mol. The molecule has 0 aliphatic heterocycles. The summed E-state index contributed by atoms with van der Waals surface area (Å²) in [7, 11) is 0. The highest BCUT2D eigenvalue weighted by Crippen LogP contribution is 1.99. The average molecular weight is 159 g/mol. The first-order valence-corrected chi connectivity index (χ1v) is 3.71. The van der Waals surface area contributed by atoms with E-state index in [1.165, 1.54) is 0 Å². The summed E-state index contributed by atoms with van der Waals surface area (Å²) in [4.78, 5) is 0. The van der Waals surface area contributed by atoms with E-state index in [4.69, 9.17) is 5.11 Å². The van der Waals surface area contributed by atoms with Gasteiger partial charge >= 0.3 is 0 Å². The second kappa shape index (κ2) is 4.49. The molecule has 0 radical (unpaired) electrons. The molecule has 3 nitrogen and oxygen atoms in total. The van der Waals surface area contributed by atoms with Gasteiger partial charge < -0.3 is 15.5 Å². The van der Waals surface area contributed by atoms with Crippen LogP contribution in [-0.2, 0) is 0 Å². The lowest BCUT2D eigenvalue weighted by molar-refractivity contribution is 0.00197. The molecule has 0 spiro atoms. The Bertz CT molecular complexity index is 123. The topological polar surface area (TPSA) is 52.5 Å². The van der Waals surface area contributed by atoms with Crippen LogP contribution >= 0.6 is 0 Å². The van der Waals surface area contributed by atoms with Gasteiger partial charge in [-0.25, -0.2) is 0 Å². The predicted octanol–water partition coefficient (Wildman–Crippen LogP) is -0.106. The average Bonchev–Trinajstić information content (AvgIpc) is 2.00. The fraction of sp³-hybridized carbons (Fsp3) is 0.750. The van der Waals surface area contributed by atoms with Crippen LogP contribution in [0.1, 0.15) is 13.8 Å². The molecule has 11 heavy (non-hydrogen) atoms. The van der Waals surface area contributed by atoms with Gasteiger partial charge in [0.15, 0.2) is 0 Å². The molecule has 0 heterocycles. The van der Waals surface area contributed by atoms with Crippen molar-refractivity contribution in [1.82, 2.24) is 5.32 Å². The second-order valence-electron chi connectivity index (χ2n) is 3.06. The molecule has 0 amide bonds. The standard InChI is InChI=1S/C8H17NO2/c1-4-7(2)9-5-8(3,11)6-10/h4,7,9-11H,1,5-6H2,2-3H3. The zero-order valence-electron chi connectivity index (χ0n) is 7.17. The molecule has 0 aliphatic carbocycles. The van der Waals surface area contributed by atoms with E-state index in [-0.39, 0.29) is 12.6 Å². The molecule has 3 N–H and O–H groups in total. The van der Waals surface area contributed by atoms with Gasteiger partial charge in [0, 0.05) is 12.6 Å². The van der Waals surface area contributed by atoms with E-state index in [2.05, 4.69) is 11.9 Å². The molecule has 0 rings (SSSR count). The van der Waals surface area contributed by atoms with Crippen molar-refractivity contribution in [3.63, 3.8) is 0 Å². The Labute approximate surface area is 67.7 Å². The van der Waals surface area contributed by atoms with Crippen LogP contribution < -0.4 is 5.32 Å². The zero-order valence-corrected chi connectivity index (χ0v) is 7.17. The van der Waals surface area contributed by atoms with Crippen molar-refractivity contribution in [2.75, 3.05) is 13.2 Å². The lowest BCUT2D eigenvalue weighted by atomic mass is 10.1. The summed E-state index contributed by atoms with van der Waals surface area (Å²) in [6, 6.07) is 0.160. The number of hydrogen-bond acceptors (Lipinski definition) is 3. The third-order valence-electron chi connectivity index (χ3n) is 1.50. The SMILES string of the molecule is C=CC(C)NCC(C)(O)CO. The van der Waals surface area contributed by atoms with E-state index < -0.39 is 5.60 Å². The molecular weight excluding hydrogens is 142 g/mol. The van der Waals surface area contributed by atoms with Gasteiger partial charge in [-0.2, -0.15) is 0 Å². The number of aliphatic hydroxyl groups is 2. The molecule has 2 atom stereocenters. The van der Waals surface area contributed by atoms with Gasteiger partial charge in [0.25, 0.3) is 0 Å². The highest BCUT2D eigenvalue weighted by Gasteiger charge is 2.18. The molecule has 0 aromatic carbocycles. The molecule has 66 valence electrons. The minimum absolute atomic E-state index is 0.160. The van der Waals surface area contributed by atoms with E-state index in [0.717, 1.165) is 0 Å². The number of rotatable bonds is 5. The smallest absolute Gasteiger partial charge is 0.0973 e. The van der Waals surface area contributed by atoms with Gasteiger partial charge in [-0.15, -0.1) is 6.58 Å². The fourth-order valence-corrected chi connectivity index (χ4v) is 0.520. The van der Waals surface area contributed by atoms with Crippen LogP contribution in [0.25, 0.3) is 0 Å². The van der Waals surface area contributed by atoms with Crippen molar-refractivity contribution >= 4 is 0 Å². The van der Waals surface area contributed by atoms with E-state index in [1.807, 2.05) is 6.92 Å². The molecule has 0 saturated heterocycles. The molecule has 0 saturated carbocycles. The molecular formula is C8H17NO2. The number of hydrogen-bond donors (Lipinski definition) is 3. The Morgan fingerprint density at radius 1 is 1.73 bits per heavy atom. The van der Waals surface area contributed by atoms with Crippen molar-refractivity contribution in [2.45, 2.75) is 25.5 Å². The van der Waals surface area contributed by atoms with Crippen LogP contribution in [0, 0.1) is 0 Å². The summed E-state index contributed by atoms with van der Waals surface area (Å²) in [5, 5.41) is 21.0. The summed E-state index contributed by atoms with van der Waals surface area (Å²) in [5.74, 6) is 0. The maximum absolute atomic E-state index is 9.32. The Balaban J connectivity index is 3.60. The third kappa shape index (κ3) is 4.95. The van der Waals surface area contributed by atoms with Crippen LogP contribution in [0.5, 0.6) is 0 Å². The largest absolute Gasteiger partial charge is 0.393 e. The summed E-state index contributed by atoms with van der Waals surface area (Å²) < 4.78 is 0. The molecule has 0 bridgehead atoms. The van der Waals surface area contributed by atoms with Crippen molar-refractivity contribution in [1.29, 1.82) is 0 Å². The van der Waals surface area contributed by atoms with Gasteiger partial charge in [0.05, 0.1) is 12.2 Å². The van der Waals surface area contributed by atoms with Crippen LogP contribution in [0.2, 0.25) is 0 Å². The second-order valence-corrected chi connectivity index (χ2v) is 3.06. The van der Waals surface area contributed by atoms with E-state index in [9.17, 15) is 5.11 Å². The third-order valence-corrected chi connectivity index (χ3v) is 1.50. The Morgan fingerprint density at radius 3 is 2.64 bits per heavy atom. The van der Waals surface area contributed by atoms with Gasteiger partial charge in [0.1, 0.15) is 0 Å². The van der Waals surface area contributed by atoms with Gasteiger partial charge in [0.2, 0.25) is 0 Å². The maximum atomic E-state index is 9.32. The van der Waals surface area contributed by atoms with Gasteiger partial charge in [-0.1, -0.05) is 6.08 Å². The Hall–Kier alpha value is -0.380. The minimum atomic E-state index is -1.03. The summed E-state index contributed by atoms with van der Waals surface area (Å²) >= 11 is 0. The highest BCUT2D eigenvalue weighted by atomic mass is 16.3. The van der Waals surface area contributed by atoms with Crippen LogP contribution in [0.15, 0.2) is 12.7 Å². The summed E-state index contributed by atoms with van der Waals surface area (Å²) in [6.07, 6.45) is 1.74. The lowest BCUT2D eigenvalue weighted by Gasteiger charge is -2.22. The first kappa shape index (κ1) is 10.6. The first-order chi connectivity index (χ1) is 5.02. The van der Waals surface area contributed by atoms with Crippen molar-refractivity contribution in [3.8, 4) is 0 Å². The van der Waals surface area contributed by atoms with Crippen LogP contribution in [-0.4, -0.2) is 35.0 Å². The normalized spacial score (nSPS) is 18.9. The molecule has 0 aliphatic rings. The van der Waals surface area contributed by atoms with Crippen LogP contribution in [0.3, 0.4) is 0 Å². The molecule has 2 unspecified atom stereocenters. The summed E-state index contributed by atoms with van der Waals surface area (Å²) in [6.45, 7) is 7.23. The molecule has 0 aromatic heterocycles. The van der Waals surface area contributed by atoms with Crippen molar-refractivity contribution < 1.29 is 10.2 Å². The Kier molecular flexibility index (Phi) is 4.33. The molecule has 3 heteroatoms. The minimum Gasteiger partial charge on any atom is -0.393 e. The zero-order chi connectivity index (χ0) is 8.91. The maximum Gasteiger partial charge on any atom is 0.0973 e. The fourth-order valence-electron chi connectivity index (χ4n) is 0.520. The molecule has 0 fully saturated rings. The van der Waals surface area contributed by atoms with Crippen molar-refractivity contribution in [2.24, 2.45) is 0 Å². The number of nitrogens with one attached hydrogen (secondary N) is 1. The van der Waals surface area contributed by atoms with E-state index in [0.29, 0.717) is 6.54 Å². The lowest BCUT2D eigenvalue weighted by Crippen LogP contribution is -2.43. The van der Waals surface area contributed by atoms with Gasteiger partial charge in [-0.3, -0.25) is 0 Å². The predicted molar refractivity (Wildman–Crippen MR) is 45.4 cm³/mol. The quantitative estimate of drug-likeness (QED) is 0.491. The first-order valence-electron chi connectivity index (χ1n) is 3.71. The summed E-state index contributed by atoms with van der Waals surface area (Å²) in [5.41, 5.74) is -1.03. The van der Waals surface area contributed by atoms with E-state index in [1.54, 1.807) is 13.0 Å². The highest BCUT2D eigenvalue weighted by molar-refractivity contribution is 4.84. The van der Waals surface area contributed by atoms with Gasteiger partial charge in [-0.05, 0) is 13.8 Å². The molecule has 0 aromatic rings. The Morgan fingerprint density at radius 2 is 2.27 bits per heavy atom. The van der Waals surface area contributed by atoms with E-state index >= 15 is 0 Å².